The average Bonchev–Trinajstić information content (AvgIpc) is 2.54. The van der Waals surface area contributed by atoms with Crippen LogP contribution >= 0.6 is 0 Å². The van der Waals surface area contributed by atoms with E-state index in [0.717, 1.165) is 11.5 Å². The molecule has 2 heteroatoms. The van der Waals surface area contributed by atoms with Crippen LogP contribution in [0.5, 0.6) is 5.75 Å². The summed E-state index contributed by atoms with van der Waals surface area (Å²) in [4.78, 5) is 0. The van der Waals surface area contributed by atoms with Crippen molar-refractivity contribution in [1.82, 2.24) is 0 Å². The lowest BCUT2D eigenvalue weighted by Crippen LogP contribution is -2.19. The van der Waals surface area contributed by atoms with Gasteiger partial charge in [-0.3, -0.25) is 0 Å². The normalized spacial score (nSPS) is 18.8. The van der Waals surface area contributed by atoms with E-state index in [1.807, 2.05) is 13.0 Å². The third-order valence-electron chi connectivity index (χ3n) is 2.66. The Morgan fingerprint density at radius 1 is 1.31 bits per heavy atom. The third-order valence-corrected chi connectivity index (χ3v) is 2.66. The summed E-state index contributed by atoms with van der Waals surface area (Å²) in [5, 5.41) is 0. The van der Waals surface area contributed by atoms with E-state index in [9.17, 15) is 0 Å². The Morgan fingerprint density at radius 3 is 2.69 bits per heavy atom. The van der Waals surface area contributed by atoms with Crippen molar-refractivity contribution in [2.45, 2.75) is 45.1 Å². The molecule has 0 unspecified atom stereocenters. The van der Waals surface area contributed by atoms with Crippen molar-refractivity contribution in [3.05, 3.63) is 18.1 Å². The van der Waals surface area contributed by atoms with Crippen LogP contribution in [0.25, 0.3) is 0 Å². The first kappa shape index (κ1) is 8.67. The van der Waals surface area contributed by atoms with Gasteiger partial charge >= 0.3 is 0 Å². The summed E-state index contributed by atoms with van der Waals surface area (Å²) in [6.45, 7) is 1.94. The molecule has 1 aliphatic rings. The first-order chi connectivity index (χ1) is 6.36. The highest BCUT2D eigenvalue weighted by Crippen LogP contribution is 2.25. The smallest absolute Gasteiger partial charge is 0.160 e. The van der Waals surface area contributed by atoms with E-state index in [0.29, 0.717) is 6.10 Å². The van der Waals surface area contributed by atoms with E-state index in [4.69, 9.17) is 9.15 Å². The number of hydrogen-bond acceptors (Lipinski definition) is 2. The average molecular weight is 180 g/mol. The molecule has 0 spiro atoms. The van der Waals surface area contributed by atoms with Crippen LogP contribution in [0.2, 0.25) is 0 Å². The zero-order valence-electron chi connectivity index (χ0n) is 8.08. The minimum absolute atomic E-state index is 0.421. The molecule has 1 aromatic rings. The lowest BCUT2D eigenvalue weighted by Gasteiger charge is -2.22. The maximum Gasteiger partial charge on any atom is 0.160 e. The fourth-order valence-electron chi connectivity index (χ4n) is 1.86. The van der Waals surface area contributed by atoms with Gasteiger partial charge in [0.05, 0.1) is 12.4 Å². The number of rotatable bonds is 2. The molecule has 72 valence electrons. The monoisotopic (exact) mass is 180 g/mol. The van der Waals surface area contributed by atoms with Gasteiger partial charge in [-0.05, 0) is 32.6 Å². The minimum Gasteiger partial charge on any atom is -0.487 e. The molecule has 0 aromatic carbocycles. The lowest BCUT2D eigenvalue weighted by molar-refractivity contribution is 0.152. The van der Waals surface area contributed by atoms with Crippen LogP contribution in [0.3, 0.4) is 0 Å². The molecule has 1 heterocycles. The van der Waals surface area contributed by atoms with Crippen molar-refractivity contribution >= 4 is 0 Å². The van der Waals surface area contributed by atoms with Crippen molar-refractivity contribution in [3.8, 4) is 5.75 Å². The van der Waals surface area contributed by atoms with Gasteiger partial charge in [-0.2, -0.15) is 0 Å². The van der Waals surface area contributed by atoms with Crippen molar-refractivity contribution in [2.75, 3.05) is 0 Å². The summed E-state index contributed by atoms with van der Waals surface area (Å²) in [5.74, 6) is 1.82. The standard InChI is InChI=1S/C11H16O2/c1-9-11(7-8-12-9)13-10-5-3-2-4-6-10/h7-8,10H,2-6H2,1H3. The summed E-state index contributed by atoms with van der Waals surface area (Å²) in [6, 6.07) is 1.91. The van der Waals surface area contributed by atoms with Crippen LogP contribution in [-0.4, -0.2) is 6.10 Å². The summed E-state index contributed by atoms with van der Waals surface area (Å²) in [7, 11) is 0. The molecular weight excluding hydrogens is 164 g/mol. The molecule has 0 N–H and O–H groups in total. The minimum atomic E-state index is 0.421. The first-order valence-corrected chi connectivity index (χ1v) is 5.07. The van der Waals surface area contributed by atoms with Gasteiger partial charge in [0, 0.05) is 6.07 Å². The zero-order valence-corrected chi connectivity index (χ0v) is 8.08. The molecular formula is C11H16O2. The Kier molecular flexibility index (Phi) is 2.57. The van der Waals surface area contributed by atoms with Crippen LogP contribution in [0.1, 0.15) is 37.9 Å². The van der Waals surface area contributed by atoms with E-state index in [1.165, 1.54) is 32.1 Å². The first-order valence-electron chi connectivity index (χ1n) is 5.07. The Bertz CT molecular complexity index is 259. The molecule has 0 aliphatic heterocycles. The zero-order chi connectivity index (χ0) is 9.10. The highest BCUT2D eigenvalue weighted by molar-refractivity contribution is 5.23. The van der Waals surface area contributed by atoms with Gasteiger partial charge in [0.2, 0.25) is 0 Å². The van der Waals surface area contributed by atoms with Crippen LogP contribution in [0.4, 0.5) is 0 Å². The number of furan rings is 1. The summed E-state index contributed by atoms with van der Waals surface area (Å²) in [6.07, 6.45) is 8.49. The Balaban J connectivity index is 1.93. The molecule has 2 rings (SSSR count). The molecule has 0 radical (unpaired) electrons. The van der Waals surface area contributed by atoms with Crippen LogP contribution in [0, 0.1) is 6.92 Å². The van der Waals surface area contributed by atoms with Crippen molar-refractivity contribution in [1.29, 1.82) is 0 Å². The predicted octanol–water partition coefficient (Wildman–Crippen LogP) is 3.30. The van der Waals surface area contributed by atoms with Gasteiger partial charge in [0.25, 0.3) is 0 Å². The van der Waals surface area contributed by atoms with E-state index in [1.54, 1.807) is 6.26 Å². The maximum absolute atomic E-state index is 5.83. The van der Waals surface area contributed by atoms with Crippen molar-refractivity contribution < 1.29 is 9.15 Å². The number of hydrogen-bond donors (Lipinski definition) is 0. The maximum atomic E-state index is 5.83. The fraction of sp³-hybridized carbons (Fsp3) is 0.636. The molecule has 0 amide bonds. The Hall–Kier alpha value is -0.920. The topological polar surface area (TPSA) is 22.4 Å². The van der Waals surface area contributed by atoms with E-state index in [2.05, 4.69) is 0 Å². The van der Waals surface area contributed by atoms with Crippen molar-refractivity contribution in [2.24, 2.45) is 0 Å². The van der Waals surface area contributed by atoms with E-state index >= 15 is 0 Å². The molecule has 0 saturated heterocycles. The van der Waals surface area contributed by atoms with E-state index in [-0.39, 0.29) is 0 Å². The molecule has 2 nitrogen and oxygen atoms in total. The predicted molar refractivity (Wildman–Crippen MR) is 50.9 cm³/mol. The van der Waals surface area contributed by atoms with Gasteiger partial charge in [-0.15, -0.1) is 0 Å². The summed E-state index contributed by atoms with van der Waals surface area (Å²) < 4.78 is 11.0. The highest BCUT2D eigenvalue weighted by atomic mass is 16.5. The molecule has 1 aliphatic carbocycles. The van der Waals surface area contributed by atoms with Gasteiger partial charge in [0.15, 0.2) is 5.75 Å². The summed E-state index contributed by atoms with van der Waals surface area (Å²) in [5.41, 5.74) is 0. The Morgan fingerprint density at radius 2 is 2.08 bits per heavy atom. The molecule has 13 heavy (non-hydrogen) atoms. The SMILES string of the molecule is Cc1occc1OC1CCCCC1. The Labute approximate surface area is 78.9 Å². The van der Waals surface area contributed by atoms with Crippen LogP contribution < -0.4 is 4.74 Å². The lowest BCUT2D eigenvalue weighted by atomic mass is 9.98. The third kappa shape index (κ3) is 2.06. The second kappa shape index (κ2) is 3.86. The van der Waals surface area contributed by atoms with Gasteiger partial charge in [-0.1, -0.05) is 6.42 Å². The molecule has 1 aromatic heterocycles. The molecule has 0 bridgehead atoms. The highest BCUT2D eigenvalue weighted by Gasteiger charge is 2.16. The van der Waals surface area contributed by atoms with Gasteiger partial charge in [-0.25, -0.2) is 0 Å². The fourth-order valence-corrected chi connectivity index (χ4v) is 1.86. The van der Waals surface area contributed by atoms with Gasteiger partial charge in [0.1, 0.15) is 5.76 Å². The number of aryl methyl sites for hydroxylation is 1. The van der Waals surface area contributed by atoms with Crippen LogP contribution in [-0.2, 0) is 0 Å². The molecule has 1 fully saturated rings. The van der Waals surface area contributed by atoms with Crippen LogP contribution in [0.15, 0.2) is 16.7 Å². The molecule has 1 saturated carbocycles. The van der Waals surface area contributed by atoms with Gasteiger partial charge < -0.3 is 9.15 Å². The van der Waals surface area contributed by atoms with Crippen molar-refractivity contribution in [3.63, 3.8) is 0 Å². The largest absolute Gasteiger partial charge is 0.487 e. The second-order valence-electron chi connectivity index (χ2n) is 3.72. The quantitative estimate of drug-likeness (QED) is 0.696. The second-order valence-corrected chi connectivity index (χ2v) is 3.72. The number of ether oxygens (including phenoxy) is 1. The van der Waals surface area contributed by atoms with E-state index < -0.39 is 0 Å². The summed E-state index contributed by atoms with van der Waals surface area (Å²) >= 11 is 0. The molecule has 0 atom stereocenters.